The van der Waals surface area contributed by atoms with Gasteiger partial charge in [-0.15, -0.1) is 0 Å². The molecule has 1 aliphatic heterocycles. The first-order valence-corrected chi connectivity index (χ1v) is 8.12. The maximum atomic E-state index is 14.1. The number of benzene rings is 1. The van der Waals surface area contributed by atoms with Crippen LogP contribution in [0.2, 0.25) is 0 Å². The second-order valence-corrected chi connectivity index (χ2v) is 7.31. The van der Waals surface area contributed by atoms with Crippen LogP contribution in [0.5, 0.6) is 0 Å². The van der Waals surface area contributed by atoms with Gasteiger partial charge in [-0.2, -0.15) is 0 Å². The lowest BCUT2D eigenvalue weighted by Crippen LogP contribution is -2.39. The van der Waals surface area contributed by atoms with Gasteiger partial charge in [0.2, 0.25) is 0 Å². The van der Waals surface area contributed by atoms with E-state index in [1.807, 2.05) is 4.90 Å². The maximum absolute atomic E-state index is 14.1. The molecule has 0 spiro atoms. The number of sulfone groups is 1. The summed E-state index contributed by atoms with van der Waals surface area (Å²) in [6.07, 6.45) is 0. The molecule has 0 aliphatic carbocycles. The first kappa shape index (κ1) is 14.4. The van der Waals surface area contributed by atoms with E-state index in [1.54, 1.807) is 18.2 Å². The summed E-state index contributed by atoms with van der Waals surface area (Å²) >= 11 is 4.79. The van der Waals surface area contributed by atoms with E-state index in [4.69, 9.17) is 18.0 Å². The van der Waals surface area contributed by atoms with Gasteiger partial charge in [-0.1, -0.05) is 24.4 Å². The SMILES string of the molecule is NC(=S)c1cccc(CN2CCS(=O)(=O)CC2)c1F. The number of thiocarbonyl (C=S) groups is 1. The van der Waals surface area contributed by atoms with Crippen molar-refractivity contribution >= 4 is 27.0 Å². The zero-order chi connectivity index (χ0) is 14.0. The van der Waals surface area contributed by atoms with E-state index in [2.05, 4.69) is 0 Å². The van der Waals surface area contributed by atoms with Gasteiger partial charge in [0.1, 0.15) is 10.8 Å². The summed E-state index contributed by atoms with van der Waals surface area (Å²) in [5.74, 6) is -0.156. The summed E-state index contributed by atoms with van der Waals surface area (Å²) in [4.78, 5) is 1.95. The summed E-state index contributed by atoms with van der Waals surface area (Å²) in [5, 5.41) is 0. The van der Waals surface area contributed by atoms with E-state index in [9.17, 15) is 12.8 Å². The maximum Gasteiger partial charge on any atom is 0.152 e. The lowest BCUT2D eigenvalue weighted by molar-refractivity contribution is 0.283. The fraction of sp³-hybridized carbons (Fsp3) is 0.417. The molecular formula is C12H15FN2O2S2. The Morgan fingerprint density at radius 3 is 2.58 bits per heavy atom. The van der Waals surface area contributed by atoms with Crippen molar-refractivity contribution in [2.45, 2.75) is 6.54 Å². The number of nitrogens with zero attached hydrogens (tertiary/aromatic N) is 1. The third-order valence-electron chi connectivity index (χ3n) is 3.18. The Labute approximate surface area is 117 Å². The second-order valence-electron chi connectivity index (χ2n) is 4.57. The molecule has 0 aromatic heterocycles. The molecule has 2 N–H and O–H groups in total. The van der Waals surface area contributed by atoms with E-state index in [0.29, 0.717) is 25.2 Å². The van der Waals surface area contributed by atoms with Crippen LogP contribution >= 0.6 is 12.2 Å². The molecule has 1 aliphatic rings. The largest absolute Gasteiger partial charge is 0.389 e. The van der Waals surface area contributed by atoms with Crippen molar-refractivity contribution in [2.24, 2.45) is 5.73 Å². The summed E-state index contributed by atoms with van der Waals surface area (Å²) in [7, 11) is -2.92. The molecule has 1 aromatic rings. The average Bonchev–Trinajstić information content (AvgIpc) is 2.34. The van der Waals surface area contributed by atoms with Crippen molar-refractivity contribution in [3.8, 4) is 0 Å². The highest BCUT2D eigenvalue weighted by Gasteiger charge is 2.22. The Bertz CT molecular complexity index is 588. The third kappa shape index (κ3) is 3.49. The fourth-order valence-corrected chi connectivity index (χ4v) is 3.48. The molecule has 0 amide bonds. The molecule has 2 rings (SSSR count). The van der Waals surface area contributed by atoms with E-state index in [-0.39, 0.29) is 22.1 Å². The Balaban J connectivity index is 2.12. The van der Waals surface area contributed by atoms with E-state index < -0.39 is 15.7 Å². The number of rotatable bonds is 3. The molecule has 0 unspecified atom stereocenters. The van der Waals surface area contributed by atoms with Crippen LogP contribution < -0.4 is 5.73 Å². The first-order chi connectivity index (χ1) is 8.89. The predicted octanol–water partition coefficient (Wildman–Crippen LogP) is 0.690. The third-order valence-corrected chi connectivity index (χ3v) is 5.00. The Morgan fingerprint density at radius 1 is 1.37 bits per heavy atom. The topological polar surface area (TPSA) is 63.4 Å². The Hall–Kier alpha value is -1.05. The Kier molecular flexibility index (Phi) is 4.17. The molecule has 0 atom stereocenters. The van der Waals surface area contributed by atoms with E-state index >= 15 is 0 Å². The summed E-state index contributed by atoms with van der Waals surface area (Å²) < 4.78 is 36.8. The fourth-order valence-electron chi connectivity index (χ4n) is 2.04. The van der Waals surface area contributed by atoms with Crippen LogP contribution in [0.3, 0.4) is 0 Å². The van der Waals surface area contributed by atoms with Crippen molar-refractivity contribution in [1.29, 1.82) is 0 Å². The van der Waals surface area contributed by atoms with Crippen LogP contribution in [0.1, 0.15) is 11.1 Å². The zero-order valence-corrected chi connectivity index (χ0v) is 11.9. The van der Waals surface area contributed by atoms with E-state index in [0.717, 1.165) is 0 Å². The first-order valence-electron chi connectivity index (χ1n) is 5.89. The molecule has 0 bridgehead atoms. The van der Waals surface area contributed by atoms with Crippen LogP contribution in [0.25, 0.3) is 0 Å². The quantitative estimate of drug-likeness (QED) is 0.832. The normalized spacial score (nSPS) is 19.2. The second kappa shape index (κ2) is 5.52. The molecule has 0 saturated carbocycles. The van der Waals surface area contributed by atoms with Crippen LogP contribution in [-0.4, -0.2) is 42.9 Å². The van der Waals surface area contributed by atoms with Crippen LogP contribution in [0.4, 0.5) is 4.39 Å². The van der Waals surface area contributed by atoms with Gasteiger partial charge in [-0.25, -0.2) is 12.8 Å². The van der Waals surface area contributed by atoms with Crippen molar-refractivity contribution in [3.05, 3.63) is 35.1 Å². The highest BCUT2D eigenvalue weighted by atomic mass is 32.2. The van der Waals surface area contributed by atoms with Gasteiger partial charge < -0.3 is 5.73 Å². The van der Waals surface area contributed by atoms with Gasteiger partial charge >= 0.3 is 0 Å². The minimum absolute atomic E-state index is 0.0283. The van der Waals surface area contributed by atoms with Crippen LogP contribution in [0.15, 0.2) is 18.2 Å². The summed E-state index contributed by atoms with van der Waals surface area (Å²) in [6, 6.07) is 4.91. The van der Waals surface area contributed by atoms with Gasteiger partial charge in [0.05, 0.1) is 11.5 Å². The van der Waals surface area contributed by atoms with Gasteiger partial charge in [0.15, 0.2) is 9.84 Å². The predicted molar refractivity (Wildman–Crippen MR) is 76.2 cm³/mol. The molecular weight excluding hydrogens is 287 g/mol. The molecule has 4 nitrogen and oxygen atoms in total. The van der Waals surface area contributed by atoms with Gasteiger partial charge in [0.25, 0.3) is 0 Å². The minimum Gasteiger partial charge on any atom is -0.389 e. The smallest absolute Gasteiger partial charge is 0.152 e. The van der Waals surface area contributed by atoms with Crippen LogP contribution in [0, 0.1) is 5.82 Å². The monoisotopic (exact) mass is 302 g/mol. The standard InChI is InChI=1S/C12H15FN2O2S2/c13-11-9(2-1-3-10(11)12(14)18)8-15-4-6-19(16,17)7-5-15/h1-3H,4-8H2,(H2,14,18). The van der Waals surface area contributed by atoms with Gasteiger partial charge in [-0.3, -0.25) is 4.90 Å². The highest BCUT2D eigenvalue weighted by Crippen LogP contribution is 2.16. The summed E-state index contributed by atoms with van der Waals surface area (Å²) in [5.41, 5.74) is 6.17. The van der Waals surface area contributed by atoms with Gasteiger partial charge in [0, 0.05) is 30.8 Å². The zero-order valence-electron chi connectivity index (χ0n) is 10.3. The minimum atomic E-state index is -2.92. The number of nitrogens with two attached hydrogens (primary N) is 1. The number of hydrogen-bond donors (Lipinski definition) is 1. The van der Waals surface area contributed by atoms with Crippen molar-refractivity contribution in [1.82, 2.24) is 4.90 Å². The van der Waals surface area contributed by atoms with Crippen molar-refractivity contribution < 1.29 is 12.8 Å². The Morgan fingerprint density at radius 2 is 2.00 bits per heavy atom. The molecule has 7 heteroatoms. The molecule has 1 fully saturated rings. The van der Waals surface area contributed by atoms with Crippen LogP contribution in [-0.2, 0) is 16.4 Å². The molecule has 19 heavy (non-hydrogen) atoms. The average molecular weight is 302 g/mol. The van der Waals surface area contributed by atoms with Crippen molar-refractivity contribution in [3.63, 3.8) is 0 Å². The van der Waals surface area contributed by atoms with E-state index in [1.165, 1.54) is 0 Å². The lowest BCUT2D eigenvalue weighted by Gasteiger charge is -2.26. The lowest BCUT2D eigenvalue weighted by atomic mass is 10.1. The highest BCUT2D eigenvalue weighted by molar-refractivity contribution is 7.91. The molecule has 0 radical (unpaired) electrons. The molecule has 1 heterocycles. The van der Waals surface area contributed by atoms with Gasteiger partial charge in [-0.05, 0) is 6.07 Å². The van der Waals surface area contributed by atoms with Crippen molar-refractivity contribution in [2.75, 3.05) is 24.6 Å². The molecule has 104 valence electrons. The molecule has 1 saturated heterocycles. The summed E-state index contributed by atoms with van der Waals surface area (Å²) in [6.45, 7) is 1.23. The molecule has 1 aromatic carbocycles. The number of halogens is 1. The number of hydrogen-bond acceptors (Lipinski definition) is 4.